The van der Waals surface area contributed by atoms with E-state index in [0.29, 0.717) is 0 Å². The first-order valence-electron chi connectivity index (χ1n) is 14.2. The largest absolute Gasteiger partial charge is 0.313 e. The molecule has 192 valence electrons. The summed E-state index contributed by atoms with van der Waals surface area (Å²) in [6, 6.07) is 40.1. The highest BCUT2D eigenvalue weighted by Crippen LogP contribution is 2.37. The van der Waals surface area contributed by atoms with E-state index < -0.39 is 0 Å². The molecule has 2 heteroatoms. The molecule has 0 aliphatic heterocycles. The Kier molecular flexibility index (Phi) is 5.12. The van der Waals surface area contributed by atoms with Crippen LogP contribution in [-0.2, 0) is 6.42 Å². The molecule has 1 aliphatic carbocycles. The maximum absolute atomic E-state index is 2.49. The highest BCUT2D eigenvalue weighted by molar-refractivity contribution is 6.09. The Hall–Kier alpha value is -4.82. The van der Waals surface area contributed by atoms with E-state index in [1.54, 1.807) is 0 Å². The molecule has 2 heterocycles. The molecule has 5 aromatic carbocycles. The van der Waals surface area contributed by atoms with Crippen LogP contribution in [0.2, 0.25) is 0 Å². The molecular formula is C38H30N2. The van der Waals surface area contributed by atoms with Gasteiger partial charge in [0.2, 0.25) is 0 Å². The average molecular weight is 515 g/mol. The van der Waals surface area contributed by atoms with Crippen LogP contribution in [0.4, 0.5) is 0 Å². The van der Waals surface area contributed by atoms with E-state index in [-0.39, 0.29) is 0 Å². The van der Waals surface area contributed by atoms with Crippen LogP contribution in [0.1, 0.15) is 28.8 Å². The average Bonchev–Trinajstić information content (AvgIpc) is 3.50. The molecule has 0 atom stereocenters. The Balaban J connectivity index is 1.23. The number of benzene rings is 5. The van der Waals surface area contributed by atoms with Crippen molar-refractivity contribution in [3.05, 3.63) is 138 Å². The lowest BCUT2D eigenvalue weighted by molar-refractivity contribution is 0.885. The van der Waals surface area contributed by atoms with Gasteiger partial charge in [0.1, 0.15) is 0 Å². The summed E-state index contributed by atoms with van der Waals surface area (Å²) in [4.78, 5) is 0. The van der Waals surface area contributed by atoms with Gasteiger partial charge in [-0.3, -0.25) is 0 Å². The first-order valence-corrected chi connectivity index (χ1v) is 14.2. The molecule has 0 N–H and O–H groups in total. The SMILES string of the molecule is Cc1cc(-c2ccc(-n3c4ccccc4c4ccccc43)c(C)c2)ccc1-n1c2c(c3ccccc31)C=CCC2. The first-order chi connectivity index (χ1) is 19.7. The third-order valence-corrected chi connectivity index (χ3v) is 8.64. The van der Waals surface area contributed by atoms with Gasteiger partial charge in [-0.2, -0.15) is 0 Å². The van der Waals surface area contributed by atoms with Gasteiger partial charge in [-0.15, -0.1) is 0 Å². The lowest BCUT2D eigenvalue weighted by atomic mass is 9.99. The van der Waals surface area contributed by atoms with Gasteiger partial charge in [0.15, 0.2) is 0 Å². The minimum atomic E-state index is 1.07. The fourth-order valence-corrected chi connectivity index (χ4v) is 6.80. The van der Waals surface area contributed by atoms with Gasteiger partial charge in [-0.1, -0.05) is 78.9 Å². The quantitative estimate of drug-likeness (QED) is 0.222. The minimum absolute atomic E-state index is 1.07. The topological polar surface area (TPSA) is 9.86 Å². The van der Waals surface area contributed by atoms with Gasteiger partial charge in [-0.25, -0.2) is 0 Å². The summed E-state index contributed by atoms with van der Waals surface area (Å²) in [5.74, 6) is 0. The third kappa shape index (κ3) is 3.36. The number of hydrogen-bond donors (Lipinski definition) is 0. The summed E-state index contributed by atoms with van der Waals surface area (Å²) >= 11 is 0. The van der Waals surface area contributed by atoms with Crippen LogP contribution < -0.4 is 0 Å². The van der Waals surface area contributed by atoms with Crippen LogP contribution in [-0.4, -0.2) is 9.13 Å². The Labute approximate surface area is 234 Å². The minimum Gasteiger partial charge on any atom is -0.313 e. The summed E-state index contributed by atoms with van der Waals surface area (Å²) in [7, 11) is 0. The van der Waals surface area contributed by atoms with Gasteiger partial charge in [0.05, 0.1) is 16.6 Å². The summed E-state index contributed by atoms with van der Waals surface area (Å²) < 4.78 is 4.90. The molecule has 0 bridgehead atoms. The van der Waals surface area contributed by atoms with Crippen molar-refractivity contribution in [1.82, 2.24) is 9.13 Å². The van der Waals surface area contributed by atoms with Crippen molar-refractivity contribution in [2.45, 2.75) is 26.7 Å². The van der Waals surface area contributed by atoms with E-state index in [0.717, 1.165) is 12.8 Å². The van der Waals surface area contributed by atoms with Crippen molar-refractivity contribution >= 4 is 38.8 Å². The van der Waals surface area contributed by atoms with Crippen molar-refractivity contribution < 1.29 is 0 Å². The van der Waals surface area contributed by atoms with Gasteiger partial charge < -0.3 is 9.13 Å². The van der Waals surface area contributed by atoms with Crippen LogP contribution >= 0.6 is 0 Å². The standard InChI is InChI=1S/C38H30N2/c1-25-23-27(19-21-33(25)39-35-15-7-3-11-29(35)30-12-4-8-16-36(30)39)28-20-22-34(26(2)24-28)40-37-17-9-5-13-31(37)32-14-6-10-18-38(32)40/h3-9,11-17,19-24H,10,18H2,1-2H3. The summed E-state index contributed by atoms with van der Waals surface area (Å²) in [6.07, 6.45) is 6.78. The van der Waals surface area contributed by atoms with Crippen LogP contribution in [0.25, 0.3) is 61.3 Å². The lowest BCUT2D eigenvalue weighted by Gasteiger charge is -2.17. The van der Waals surface area contributed by atoms with Crippen molar-refractivity contribution in [2.24, 2.45) is 0 Å². The fourth-order valence-electron chi connectivity index (χ4n) is 6.80. The lowest BCUT2D eigenvalue weighted by Crippen LogP contribution is -2.04. The van der Waals surface area contributed by atoms with E-state index in [1.165, 1.54) is 77.6 Å². The van der Waals surface area contributed by atoms with Crippen molar-refractivity contribution in [3.8, 4) is 22.5 Å². The number of aryl methyl sites for hydroxylation is 2. The molecule has 0 unspecified atom stereocenters. The molecule has 2 aromatic heterocycles. The number of allylic oxidation sites excluding steroid dienone is 1. The summed E-state index contributed by atoms with van der Waals surface area (Å²) in [5, 5.41) is 3.93. The van der Waals surface area contributed by atoms with Gasteiger partial charge in [-0.05, 0) is 91.4 Å². The van der Waals surface area contributed by atoms with Crippen molar-refractivity contribution in [3.63, 3.8) is 0 Å². The summed E-state index contributed by atoms with van der Waals surface area (Å²) in [5.41, 5.74) is 14.1. The second-order valence-electron chi connectivity index (χ2n) is 11.0. The number of nitrogens with zero attached hydrogens (tertiary/aromatic N) is 2. The maximum atomic E-state index is 2.49. The molecule has 0 saturated carbocycles. The molecule has 7 aromatic rings. The zero-order valence-corrected chi connectivity index (χ0v) is 22.9. The van der Waals surface area contributed by atoms with Gasteiger partial charge in [0, 0.05) is 38.8 Å². The monoisotopic (exact) mass is 514 g/mol. The first kappa shape index (κ1) is 23.1. The van der Waals surface area contributed by atoms with Crippen LogP contribution in [0.3, 0.4) is 0 Å². The van der Waals surface area contributed by atoms with E-state index in [2.05, 4.69) is 144 Å². The van der Waals surface area contributed by atoms with Crippen molar-refractivity contribution in [2.75, 3.05) is 0 Å². The second-order valence-corrected chi connectivity index (χ2v) is 11.0. The smallest absolute Gasteiger partial charge is 0.0541 e. The van der Waals surface area contributed by atoms with Gasteiger partial charge >= 0.3 is 0 Å². The molecule has 40 heavy (non-hydrogen) atoms. The molecular weight excluding hydrogens is 484 g/mol. The highest BCUT2D eigenvalue weighted by Gasteiger charge is 2.19. The molecule has 0 spiro atoms. The molecule has 8 rings (SSSR count). The molecule has 0 radical (unpaired) electrons. The molecule has 0 amide bonds. The summed E-state index contributed by atoms with van der Waals surface area (Å²) in [6.45, 7) is 4.48. The number of para-hydroxylation sites is 3. The van der Waals surface area contributed by atoms with Crippen LogP contribution in [0.5, 0.6) is 0 Å². The van der Waals surface area contributed by atoms with Crippen LogP contribution in [0.15, 0.2) is 115 Å². The number of rotatable bonds is 3. The molecule has 0 saturated heterocycles. The highest BCUT2D eigenvalue weighted by atomic mass is 15.0. The molecule has 2 nitrogen and oxygen atoms in total. The third-order valence-electron chi connectivity index (χ3n) is 8.64. The normalized spacial score (nSPS) is 12.9. The van der Waals surface area contributed by atoms with Crippen LogP contribution in [0, 0.1) is 13.8 Å². The van der Waals surface area contributed by atoms with Crippen molar-refractivity contribution in [1.29, 1.82) is 0 Å². The molecule has 0 fully saturated rings. The zero-order valence-electron chi connectivity index (χ0n) is 22.9. The maximum Gasteiger partial charge on any atom is 0.0541 e. The second kappa shape index (κ2) is 8.86. The van der Waals surface area contributed by atoms with Gasteiger partial charge in [0.25, 0.3) is 0 Å². The zero-order chi connectivity index (χ0) is 26.8. The Bertz CT molecular complexity index is 2080. The Morgan fingerprint density at radius 3 is 1.60 bits per heavy atom. The predicted octanol–water partition coefficient (Wildman–Crippen LogP) is 9.97. The van der Waals surface area contributed by atoms with E-state index >= 15 is 0 Å². The van der Waals surface area contributed by atoms with E-state index in [1.807, 2.05) is 0 Å². The number of aromatic nitrogens is 2. The Morgan fingerprint density at radius 2 is 1.02 bits per heavy atom. The van der Waals surface area contributed by atoms with E-state index in [9.17, 15) is 0 Å². The Morgan fingerprint density at radius 1 is 0.525 bits per heavy atom. The number of hydrogen-bond acceptors (Lipinski definition) is 0. The predicted molar refractivity (Wildman–Crippen MR) is 170 cm³/mol. The fraction of sp³-hybridized carbons (Fsp3) is 0.105. The molecule has 1 aliphatic rings. The number of fused-ring (bicyclic) bond motifs is 6. The van der Waals surface area contributed by atoms with E-state index in [4.69, 9.17) is 0 Å².